The van der Waals surface area contributed by atoms with Gasteiger partial charge in [-0.3, -0.25) is 52.7 Å². The second kappa shape index (κ2) is 31.6. The van der Waals surface area contributed by atoms with Gasteiger partial charge in [-0.25, -0.2) is 0 Å². The Kier molecular flexibility index (Phi) is 26.3. The molecule has 0 radical (unpaired) electrons. The van der Waals surface area contributed by atoms with E-state index in [9.17, 15) is 73.2 Å². The van der Waals surface area contributed by atoms with Crippen LogP contribution in [0.25, 0.3) is 0 Å². The van der Waals surface area contributed by atoms with Gasteiger partial charge < -0.3 is 74.0 Å². The van der Waals surface area contributed by atoms with Gasteiger partial charge in [0, 0.05) is 31.8 Å². The molecule has 9 atom stereocenters. The first-order chi connectivity index (χ1) is 35.1. The summed E-state index contributed by atoms with van der Waals surface area (Å²) in [6.07, 6.45) is 4.80. The van der Waals surface area contributed by atoms with Crippen LogP contribution in [0, 0.1) is 0 Å². The predicted molar refractivity (Wildman–Crippen MR) is 264 cm³/mol. The van der Waals surface area contributed by atoms with E-state index in [0.717, 1.165) is 49.8 Å². The van der Waals surface area contributed by atoms with Crippen molar-refractivity contribution in [3.05, 3.63) is 29.8 Å². The summed E-state index contributed by atoms with van der Waals surface area (Å²) in [4.78, 5) is 149. The second-order valence-electron chi connectivity index (χ2n) is 19.0. The summed E-state index contributed by atoms with van der Waals surface area (Å²) in [5, 5.41) is 57.4. The van der Waals surface area contributed by atoms with Crippen LogP contribution in [0.3, 0.4) is 0 Å². The minimum atomic E-state index is -1.84. The fraction of sp³-hybridized carbons (Fsp3) is 0.653. The smallest absolute Gasteiger partial charge is 0.303 e. The predicted octanol–water partition coefficient (Wildman–Crippen LogP) is -1.98. The molecule has 2 aliphatic heterocycles. The Morgan fingerprint density at radius 3 is 1.76 bits per heavy atom. The lowest BCUT2D eigenvalue weighted by molar-refractivity contribution is -0.143. The van der Waals surface area contributed by atoms with Gasteiger partial charge in [-0.05, 0) is 50.3 Å². The number of aliphatic hydroxyl groups is 2. The zero-order valence-electron chi connectivity index (χ0n) is 42.2. The number of benzene rings is 1. The number of amides is 10. The molecule has 412 valence electrons. The second-order valence-corrected chi connectivity index (χ2v) is 19.0. The van der Waals surface area contributed by atoms with Gasteiger partial charge >= 0.3 is 5.97 Å². The number of carboxylic acids is 1. The van der Waals surface area contributed by atoms with E-state index in [1.54, 1.807) is 0 Å². The number of aliphatic hydroxyl groups excluding tert-OH is 2. The van der Waals surface area contributed by atoms with E-state index in [0.29, 0.717) is 18.4 Å². The molecule has 2 aliphatic rings. The number of carbonyl (C=O) groups excluding carboxylic acids is 10. The molecule has 0 saturated carbocycles. The number of hydrogen-bond donors (Lipinski definition) is 13. The molecule has 0 bridgehead atoms. The molecule has 0 spiro atoms. The highest BCUT2D eigenvalue weighted by Gasteiger charge is 2.41. The monoisotopic (exact) mass is 1040 g/mol. The van der Waals surface area contributed by atoms with Crippen molar-refractivity contribution in [1.82, 2.24) is 42.1 Å². The third kappa shape index (κ3) is 21.3. The Balaban J connectivity index is 2.10. The molecule has 1 aromatic rings. The minimum absolute atomic E-state index is 0.0147. The quantitative estimate of drug-likeness (QED) is 0.0560. The first-order valence-electron chi connectivity index (χ1n) is 25.4. The molecule has 0 aromatic heterocycles. The Labute approximate surface area is 429 Å². The third-order valence-electron chi connectivity index (χ3n) is 12.8. The maximum absolute atomic E-state index is 14.3. The molecule has 2 heterocycles. The number of nitrogens with two attached hydrogens (primary N) is 2. The molecule has 25 nitrogen and oxygen atoms in total. The number of nitrogens with one attached hydrogen (secondary N) is 7. The lowest BCUT2D eigenvalue weighted by atomic mass is 10.0. The third-order valence-corrected chi connectivity index (χ3v) is 12.8. The molecule has 1 aromatic carbocycles. The van der Waals surface area contributed by atoms with Crippen LogP contribution < -0.4 is 48.7 Å². The van der Waals surface area contributed by atoms with E-state index in [2.05, 4.69) is 44.1 Å². The zero-order valence-corrected chi connectivity index (χ0v) is 42.2. The number of carboxylic acid groups (broad SMARTS) is 1. The Hall–Kier alpha value is -6.89. The number of aromatic hydroxyl groups is 1. The average molecular weight is 1050 g/mol. The number of rotatable bonds is 22. The van der Waals surface area contributed by atoms with E-state index in [-0.39, 0.29) is 38.0 Å². The van der Waals surface area contributed by atoms with Crippen LogP contribution in [0.4, 0.5) is 0 Å². The van der Waals surface area contributed by atoms with Gasteiger partial charge in [0.2, 0.25) is 59.1 Å². The van der Waals surface area contributed by atoms with Crippen molar-refractivity contribution in [1.29, 1.82) is 0 Å². The largest absolute Gasteiger partial charge is 0.508 e. The number of phenolic OH excluding ortho intramolecular Hbond substituents is 1. The van der Waals surface area contributed by atoms with E-state index in [1.807, 2.05) is 0 Å². The average Bonchev–Trinajstić information content (AvgIpc) is 3.83. The molecule has 15 N–H and O–H groups in total. The number of nitrogens with zero attached hydrogens (tertiary/aromatic N) is 1. The molecule has 2 saturated heterocycles. The number of carbonyl (C=O) groups is 11. The van der Waals surface area contributed by atoms with Crippen LogP contribution in [-0.2, 0) is 59.2 Å². The topological polar surface area (TPSA) is 408 Å². The highest BCUT2D eigenvalue weighted by Crippen LogP contribution is 2.21. The normalized spacial score (nSPS) is 24.6. The van der Waals surface area contributed by atoms with E-state index in [1.165, 1.54) is 37.6 Å². The molecule has 2 fully saturated rings. The summed E-state index contributed by atoms with van der Waals surface area (Å²) < 4.78 is 0. The number of primary amides is 2. The van der Waals surface area contributed by atoms with E-state index in [4.69, 9.17) is 11.5 Å². The van der Waals surface area contributed by atoms with Gasteiger partial charge in [0.05, 0.1) is 25.6 Å². The summed E-state index contributed by atoms with van der Waals surface area (Å²) in [5.74, 6) is -11.9. The van der Waals surface area contributed by atoms with Crippen molar-refractivity contribution in [2.75, 3.05) is 13.2 Å². The lowest BCUT2D eigenvalue weighted by Gasteiger charge is -2.30. The number of aliphatic carboxylic acids is 1. The van der Waals surface area contributed by atoms with E-state index >= 15 is 0 Å². The fourth-order valence-electron chi connectivity index (χ4n) is 8.74. The van der Waals surface area contributed by atoms with Gasteiger partial charge in [0.15, 0.2) is 0 Å². The summed E-state index contributed by atoms with van der Waals surface area (Å²) in [7, 11) is 0. The van der Waals surface area contributed by atoms with Crippen molar-refractivity contribution in [3.63, 3.8) is 0 Å². The van der Waals surface area contributed by atoms with Gasteiger partial charge in [-0.15, -0.1) is 0 Å². The van der Waals surface area contributed by atoms with Crippen molar-refractivity contribution < 1.29 is 73.2 Å². The van der Waals surface area contributed by atoms with Crippen LogP contribution in [-0.4, -0.2) is 158 Å². The highest BCUT2D eigenvalue weighted by atomic mass is 16.4. The van der Waals surface area contributed by atoms with Gasteiger partial charge in [0.25, 0.3) is 0 Å². The van der Waals surface area contributed by atoms with Crippen LogP contribution >= 0.6 is 0 Å². The molecule has 25 heteroatoms. The van der Waals surface area contributed by atoms with Gasteiger partial charge in [0.1, 0.15) is 48.0 Å². The maximum atomic E-state index is 14.3. The summed E-state index contributed by atoms with van der Waals surface area (Å²) in [6.45, 7) is 2.12. The van der Waals surface area contributed by atoms with Crippen molar-refractivity contribution in [2.24, 2.45) is 11.5 Å². The minimum Gasteiger partial charge on any atom is -0.508 e. The van der Waals surface area contributed by atoms with Crippen LogP contribution in [0.1, 0.15) is 135 Å². The van der Waals surface area contributed by atoms with Crippen molar-refractivity contribution >= 4 is 65.0 Å². The zero-order chi connectivity index (χ0) is 54.9. The molecular weight excluding hydrogens is 969 g/mol. The molecule has 1 unspecified atom stereocenters. The molecule has 74 heavy (non-hydrogen) atoms. The Bertz CT molecular complexity index is 2110. The fourth-order valence-corrected chi connectivity index (χ4v) is 8.74. The van der Waals surface area contributed by atoms with Crippen LogP contribution in [0.15, 0.2) is 24.3 Å². The summed E-state index contributed by atoms with van der Waals surface area (Å²) >= 11 is 0. The molecule has 10 amide bonds. The highest BCUT2D eigenvalue weighted by molar-refractivity contribution is 6.00. The summed E-state index contributed by atoms with van der Waals surface area (Å²) in [6, 6.07) is -7.32. The summed E-state index contributed by atoms with van der Waals surface area (Å²) in [5.41, 5.74) is 11.4. The van der Waals surface area contributed by atoms with Crippen molar-refractivity contribution in [2.45, 2.75) is 190 Å². The molecule has 0 aliphatic carbocycles. The standard InChI is InChI=1S/C49H76N10O15/c1-3-4-5-6-7-8-9-10-11-12-14-30-24-40(65)53-34(25-38(50)63)45(70)55-33(23-29-16-18-31(62)19-17-29)44(69)56-35(26-39(51)64)49(74)59-22-13-15-37(59)47(72)54-32(20-21-41(66)67)43(68)57-36(27-60)46(71)58-42(28(2)61)48(73)52-30/h16-19,28,30,32-37,42,60-62H,3-15,20-27H2,1-2H3,(H2,50,63)(H2,51,64)(H,52,73)(H,53,65)(H,54,72)(H,55,70)(H,56,69)(H,57,68)(H,58,71)(H,66,67)/t28-,30?,32+,33-,34+,35-,36-,37+,42+/m1/s1. The maximum Gasteiger partial charge on any atom is 0.303 e. The molecular formula is C49H76N10O15. The van der Waals surface area contributed by atoms with Crippen LogP contribution in [0.2, 0.25) is 0 Å². The first kappa shape index (κ1) is 61.4. The number of phenols is 1. The molecule has 3 rings (SSSR count). The van der Waals surface area contributed by atoms with Gasteiger partial charge in [-0.1, -0.05) is 83.3 Å². The SMILES string of the molecule is CCCCCCCCCCCCC1CC(=O)N[C@@H](CC(N)=O)C(=O)N[C@H](Cc2ccc(O)cc2)C(=O)N[C@H](CC(N)=O)C(=O)N2CCC[C@H]2C(=O)N[C@@H](CCC(=O)O)C(=O)N[C@H](CO)C(=O)N[C@@H]([C@@H](C)O)C(=O)N1. The number of hydrogen-bond acceptors (Lipinski definition) is 14. The van der Waals surface area contributed by atoms with E-state index < -0.39 is 158 Å². The van der Waals surface area contributed by atoms with Crippen LogP contribution in [0.5, 0.6) is 5.75 Å². The number of unbranched alkanes of at least 4 members (excludes halogenated alkanes) is 9. The first-order valence-corrected chi connectivity index (χ1v) is 25.4. The van der Waals surface area contributed by atoms with Crippen molar-refractivity contribution in [3.8, 4) is 5.75 Å². The Morgan fingerprint density at radius 2 is 1.18 bits per heavy atom. The van der Waals surface area contributed by atoms with Gasteiger partial charge in [-0.2, -0.15) is 0 Å². The lowest BCUT2D eigenvalue weighted by Crippen LogP contribution is -2.61. The number of fused-ring (bicyclic) bond motifs is 1. The Morgan fingerprint density at radius 1 is 0.649 bits per heavy atom.